The Morgan fingerprint density at radius 2 is 1.33 bits per heavy atom. The van der Waals surface area contributed by atoms with E-state index in [0.717, 1.165) is 12.1 Å². The largest absolute Gasteiger partial charge is 0.507 e. The molecule has 3 heterocycles. The van der Waals surface area contributed by atoms with Crippen molar-refractivity contribution in [3.63, 3.8) is 0 Å². The van der Waals surface area contributed by atoms with Gasteiger partial charge < -0.3 is 69.7 Å². The third-order valence-electron chi connectivity index (χ3n) is 7.43. The van der Waals surface area contributed by atoms with Gasteiger partial charge in [0, 0.05) is 17.7 Å². The van der Waals surface area contributed by atoms with E-state index in [0.29, 0.717) is 5.56 Å². The van der Waals surface area contributed by atoms with Gasteiger partial charge in [-0.3, -0.25) is 4.79 Å². The summed E-state index contributed by atoms with van der Waals surface area (Å²) < 4.78 is 22.0. The smallest absolute Gasteiger partial charge is 0.229 e. The molecule has 42 heavy (non-hydrogen) atoms. The lowest BCUT2D eigenvalue weighted by atomic mass is 9.89. The fourth-order valence-corrected chi connectivity index (χ4v) is 5.06. The van der Waals surface area contributed by atoms with Gasteiger partial charge in [-0.15, -0.1) is 0 Å². The lowest BCUT2D eigenvalue weighted by Crippen LogP contribution is -2.60. The summed E-state index contributed by atoms with van der Waals surface area (Å²) >= 11 is 0. The summed E-state index contributed by atoms with van der Waals surface area (Å²) in [6.07, 6.45) is -15.6. The van der Waals surface area contributed by atoms with Crippen molar-refractivity contribution in [1.29, 1.82) is 0 Å². The molecule has 0 radical (unpaired) electrons. The summed E-state index contributed by atoms with van der Waals surface area (Å²) in [5, 5.41) is 101. The SMILES string of the molecule is O=c1cc(-c2ccc(O[C@H]3O[C@@H](CO)[C@H](O)[C@@H](O)[C@@H]3O)cc2)oc2cc(O)c([C@@H]3O[C@H](CO)[C@H](O)[C@@H](O)[C@H]3O)c(O)c12. The molecule has 1 aromatic heterocycles. The van der Waals surface area contributed by atoms with Crippen molar-refractivity contribution < 1.29 is 69.7 Å². The molecule has 0 aliphatic carbocycles. The lowest BCUT2D eigenvalue weighted by molar-refractivity contribution is -0.277. The Hall–Kier alpha value is -3.35. The van der Waals surface area contributed by atoms with Crippen LogP contribution in [0.25, 0.3) is 22.3 Å². The molecule has 0 unspecified atom stereocenters. The molecule has 5 rings (SSSR count). The van der Waals surface area contributed by atoms with Crippen LogP contribution in [0.5, 0.6) is 17.2 Å². The summed E-state index contributed by atoms with van der Waals surface area (Å²) in [6, 6.07) is 7.88. The van der Waals surface area contributed by atoms with Gasteiger partial charge in [-0.25, -0.2) is 0 Å². The molecular formula is C27H30O15. The van der Waals surface area contributed by atoms with Crippen molar-refractivity contribution in [3.05, 3.63) is 52.2 Å². The van der Waals surface area contributed by atoms with Gasteiger partial charge in [-0.1, -0.05) is 0 Å². The minimum Gasteiger partial charge on any atom is -0.507 e. The molecule has 0 bridgehead atoms. The number of rotatable bonds is 6. The number of hydrogen-bond acceptors (Lipinski definition) is 15. The van der Waals surface area contributed by atoms with E-state index in [2.05, 4.69) is 0 Å². The zero-order valence-electron chi connectivity index (χ0n) is 21.7. The Morgan fingerprint density at radius 3 is 1.95 bits per heavy atom. The van der Waals surface area contributed by atoms with Crippen molar-refractivity contribution in [1.82, 2.24) is 0 Å². The van der Waals surface area contributed by atoms with Crippen molar-refractivity contribution >= 4 is 11.0 Å². The molecule has 0 spiro atoms. The third-order valence-corrected chi connectivity index (χ3v) is 7.43. The fourth-order valence-electron chi connectivity index (χ4n) is 5.06. The molecule has 2 aliphatic heterocycles. The fraction of sp³-hybridized carbons (Fsp3) is 0.444. The van der Waals surface area contributed by atoms with Crippen LogP contribution in [0.4, 0.5) is 0 Å². The normalized spacial score (nSPS) is 33.5. The molecule has 228 valence electrons. The zero-order valence-corrected chi connectivity index (χ0v) is 21.7. The first kappa shape index (κ1) is 30.1. The molecule has 15 heteroatoms. The highest BCUT2D eigenvalue weighted by atomic mass is 16.7. The van der Waals surface area contributed by atoms with Gasteiger partial charge in [0.25, 0.3) is 0 Å². The summed E-state index contributed by atoms with van der Waals surface area (Å²) in [5.74, 6) is -1.28. The van der Waals surface area contributed by atoms with Gasteiger partial charge in [-0.05, 0) is 24.3 Å². The maximum atomic E-state index is 13.1. The number of phenolic OH excluding ortho intramolecular Hbond substituents is 2. The van der Waals surface area contributed by atoms with E-state index >= 15 is 0 Å². The molecule has 2 fully saturated rings. The van der Waals surface area contributed by atoms with Crippen molar-refractivity contribution in [2.24, 2.45) is 0 Å². The number of aromatic hydroxyl groups is 2. The number of aliphatic hydroxyl groups excluding tert-OH is 8. The predicted octanol–water partition coefficient (Wildman–Crippen LogP) is -2.44. The second-order valence-electron chi connectivity index (χ2n) is 10.1. The molecule has 3 aromatic rings. The summed E-state index contributed by atoms with van der Waals surface area (Å²) in [4.78, 5) is 13.1. The number of phenols is 2. The van der Waals surface area contributed by atoms with E-state index < -0.39 is 96.9 Å². The maximum Gasteiger partial charge on any atom is 0.229 e. The Bertz CT molecular complexity index is 1470. The van der Waals surface area contributed by atoms with Crippen LogP contribution in [0.3, 0.4) is 0 Å². The van der Waals surface area contributed by atoms with Crippen molar-refractivity contribution in [2.75, 3.05) is 13.2 Å². The van der Waals surface area contributed by atoms with Crippen LogP contribution in [-0.4, -0.2) is 119 Å². The number of benzene rings is 2. The average Bonchev–Trinajstić information content (AvgIpc) is 2.97. The van der Waals surface area contributed by atoms with E-state index in [1.807, 2.05) is 0 Å². The van der Waals surface area contributed by atoms with Gasteiger partial charge in [0.2, 0.25) is 6.29 Å². The number of ether oxygens (including phenoxy) is 3. The van der Waals surface area contributed by atoms with Crippen molar-refractivity contribution in [3.8, 4) is 28.6 Å². The highest BCUT2D eigenvalue weighted by molar-refractivity contribution is 5.88. The first-order valence-corrected chi connectivity index (χ1v) is 12.9. The maximum absolute atomic E-state index is 13.1. The van der Waals surface area contributed by atoms with Gasteiger partial charge >= 0.3 is 0 Å². The minimum atomic E-state index is -1.83. The minimum absolute atomic E-state index is 0.0197. The Labute approximate surface area is 236 Å². The van der Waals surface area contributed by atoms with Gasteiger partial charge in [0.05, 0.1) is 18.8 Å². The van der Waals surface area contributed by atoms with E-state index in [-0.39, 0.29) is 22.5 Å². The second-order valence-corrected chi connectivity index (χ2v) is 10.1. The first-order valence-electron chi connectivity index (χ1n) is 12.9. The van der Waals surface area contributed by atoms with Crippen LogP contribution in [0.1, 0.15) is 11.7 Å². The van der Waals surface area contributed by atoms with Gasteiger partial charge in [-0.2, -0.15) is 0 Å². The van der Waals surface area contributed by atoms with Crippen LogP contribution >= 0.6 is 0 Å². The molecule has 2 aromatic carbocycles. The van der Waals surface area contributed by atoms with Crippen LogP contribution in [0.15, 0.2) is 45.6 Å². The third kappa shape index (κ3) is 5.20. The molecule has 15 nitrogen and oxygen atoms in total. The highest BCUT2D eigenvalue weighted by Gasteiger charge is 2.46. The van der Waals surface area contributed by atoms with Crippen LogP contribution in [0.2, 0.25) is 0 Å². The van der Waals surface area contributed by atoms with E-state index in [1.54, 1.807) is 0 Å². The van der Waals surface area contributed by atoms with E-state index in [1.165, 1.54) is 24.3 Å². The predicted molar refractivity (Wildman–Crippen MR) is 138 cm³/mol. The Morgan fingerprint density at radius 1 is 0.738 bits per heavy atom. The molecule has 10 N–H and O–H groups in total. The second kappa shape index (κ2) is 11.7. The summed E-state index contributed by atoms with van der Waals surface area (Å²) in [7, 11) is 0. The topological polar surface area (TPSA) is 260 Å². The molecule has 2 saturated heterocycles. The summed E-state index contributed by atoms with van der Waals surface area (Å²) in [6.45, 7) is -1.37. The molecule has 10 atom stereocenters. The lowest BCUT2D eigenvalue weighted by Gasteiger charge is -2.40. The molecular weight excluding hydrogens is 564 g/mol. The number of aliphatic hydroxyl groups is 8. The van der Waals surface area contributed by atoms with Crippen LogP contribution in [-0.2, 0) is 9.47 Å². The van der Waals surface area contributed by atoms with Crippen molar-refractivity contribution in [2.45, 2.75) is 61.2 Å². The first-order chi connectivity index (χ1) is 20.0. The quantitative estimate of drug-likeness (QED) is 0.142. The molecule has 2 aliphatic rings. The molecule has 0 amide bonds. The molecule has 0 saturated carbocycles. The summed E-state index contributed by atoms with van der Waals surface area (Å²) in [5.41, 5.74) is -1.07. The van der Waals surface area contributed by atoms with Gasteiger partial charge in [0.1, 0.15) is 88.9 Å². The standard InChI is InChI=1S/C27H30O15/c28-7-15-19(32)22(35)24(37)26(41-15)18-12(31)6-14-17(21(18)34)11(30)5-13(40-14)9-1-3-10(4-2-9)39-27-25(38)23(36)20(33)16(8-29)42-27/h1-6,15-16,19-20,22-29,31-38H,7-8H2/t15-,16+,19+,20+,22-,23-,24-,25+,26+,27+/m1/s1. The number of hydrogen-bond donors (Lipinski definition) is 10. The Kier molecular flexibility index (Phi) is 8.41. The van der Waals surface area contributed by atoms with E-state index in [4.69, 9.17) is 18.6 Å². The monoisotopic (exact) mass is 594 g/mol. The average molecular weight is 595 g/mol. The van der Waals surface area contributed by atoms with E-state index in [9.17, 15) is 55.9 Å². The highest BCUT2D eigenvalue weighted by Crippen LogP contribution is 2.44. The van der Waals surface area contributed by atoms with Crippen LogP contribution in [0, 0.1) is 0 Å². The van der Waals surface area contributed by atoms with Gasteiger partial charge in [0.15, 0.2) is 5.43 Å². The van der Waals surface area contributed by atoms with Crippen LogP contribution < -0.4 is 10.2 Å². The zero-order chi connectivity index (χ0) is 30.5. The Balaban J connectivity index is 1.43. The number of fused-ring (bicyclic) bond motifs is 1.